The largest absolute Gasteiger partial charge is 0.393 e. The van der Waals surface area contributed by atoms with Crippen LogP contribution in [0.3, 0.4) is 0 Å². The second-order valence-electron chi connectivity index (χ2n) is 10.3. The van der Waals surface area contributed by atoms with Crippen LogP contribution in [-0.4, -0.2) is 66.9 Å². The molecule has 214 valence electrons. The molecule has 2 amide bonds. The molecule has 0 spiro atoms. The highest BCUT2D eigenvalue weighted by Crippen LogP contribution is 2.39. The lowest BCUT2D eigenvalue weighted by Gasteiger charge is -2.30. The van der Waals surface area contributed by atoms with Crippen LogP contribution in [0.15, 0.2) is 60.7 Å². The Balaban J connectivity index is 1.21. The number of urea groups is 1. The van der Waals surface area contributed by atoms with E-state index in [1.165, 1.54) is 0 Å². The van der Waals surface area contributed by atoms with Gasteiger partial charge in [-0.2, -0.15) is 0 Å². The lowest BCUT2D eigenvalue weighted by atomic mass is 10.0. The summed E-state index contributed by atoms with van der Waals surface area (Å²) in [7, 11) is 0. The number of rotatable bonds is 7. The normalized spacial score (nSPS) is 16.2. The van der Waals surface area contributed by atoms with Crippen LogP contribution < -0.4 is 20.4 Å². The first kappa shape index (κ1) is 27.4. The third-order valence-corrected chi connectivity index (χ3v) is 8.53. The number of amides is 2. The van der Waals surface area contributed by atoms with E-state index in [2.05, 4.69) is 37.5 Å². The first-order valence-electron chi connectivity index (χ1n) is 13.8. The third-order valence-electron chi connectivity index (χ3n) is 7.47. The molecular formula is C30H33N5O5S. The summed E-state index contributed by atoms with van der Waals surface area (Å²) < 4.78 is 6.74. The highest BCUT2D eigenvalue weighted by molar-refractivity contribution is 7.22. The second-order valence-corrected chi connectivity index (χ2v) is 11.3. The van der Waals surface area contributed by atoms with E-state index in [1.54, 1.807) is 35.6 Å². The minimum atomic E-state index is -0.345. The van der Waals surface area contributed by atoms with Crippen molar-refractivity contribution >= 4 is 49.8 Å². The van der Waals surface area contributed by atoms with E-state index in [1.807, 2.05) is 24.3 Å². The zero-order valence-corrected chi connectivity index (χ0v) is 23.4. The number of aliphatic hydroxyl groups is 1. The summed E-state index contributed by atoms with van der Waals surface area (Å²) in [5, 5.41) is 25.2. The Morgan fingerprint density at radius 1 is 0.927 bits per heavy atom. The summed E-state index contributed by atoms with van der Waals surface area (Å²) in [6.07, 6.45) is 1.31. The Kier molecular flexibility index (Phi) is 8.31. The molecule has 3 aromatic carbocycles. The molecule has 3 heterocycles. The number of anilines is 4. The zero-order chi connectivity index (χ0) is 28.2. The predicted molar refractivity (Wildman–Crippen MR) is 162 cm³/mol. The number of aliphatic hydroxyl groups excluding tert-OH is 1. The van der Waals surface area contributed by atoms with Crippen molar-refractivity contribution < 1.29 is 24.8 Å². The molecule has 41 heavy (non-hydrogen) atoms. The Bertz CT molecular complexity index is 1480. The number of aromatic nitrogens is 1. The maximum Gasteiger partial charge on any atom is 0.323 e. The van der Waals surface area contributed by atoms with E-state index in [9.17, 15) is 9.90 Å². The zero-order valence-electron chi connectivity index (χ0n) is 22.6. The Morgan fingerprint density at radius 2 is 1.59 bits per heavy atom. The van der Waals surface area contributed by atoms with Gasteiger partial charge in [0.1, 0.15) is 12.1 Å². The third kappa shape index (κ3) is 6.45. The van der Waals surface area contributed by atoms with Crippen molar-refractivity contribution in [3.8, 4) is 11.1 Å². The first-order valence-corrected chi connectivity index (χ1v) is 14.6. The first-order chi connectivity index (χ1) is 20.1. The molecule has 0 radical (unpaired) electrons. The van der Waals surface area contributed by atoms with Gasteiger partial charge in [-0.15, -0.1) is 0 Å². The Labute approximate surface area is 242 Å². The molecule has 0 bridgehead atoms. The van der Waals surface area contributed by atoms with Gasteiger partial charge in [0.05, 0.1) is 29.7 Å². The molecule has 0 saturated carbocycles. The molecule has 11 heteroatoms. The van der Waals surface area contributed by atoms with Crippen molar-refractivity contribution in [2.45, 2.75) is 25.6 Å². The van der Waals surface area contributed by atoms with E-state index in [4.69, 9.17) is 15.0 Å². The number of ether oxygens (including phenoxy) is 1. The smallest absolute Gasteiger partial charge is 0.323 e. The standard InChI is InChI=1S/C30H33N5O5S/c36-25-9-11-35(12-10-25)30-33-28-26(34-13-15-39-16-14-34)17-22(18-27(28)41-30)21-3-7-24(8-4-21)32-29(37)31-23-5-1-20(2-6-23)19-40-38/h1-8,17-18,25,36,38H,9-16,19H2,(H2,31,32,37). The molecular weight excluding hydrogens is 542 g/mol. The predicted octanol–water partition coefficient (Wildman–Crippen LogP) is 5.39. The fourth-order valence-electron chi connectivity index (χ4n) is 5.20. The topological polar surface area (TPSA) is 119 Å². The highest BCUT2D eigenvalue weighted by Gasteiger charge is 2.23. The van der Waals surface area contributed by atoms with Gasteiger partial charge >= 0.3 is 6.03 Å². The van der Waals surface area contributed by atoms with Crippen molar-refractivity contribution in [2.75, 3.05) is 59.8 Å². The fraction of sp³-hybridized carbons (Fsp3) is 0.333. The maximum absolute atomic E-state index is 12.5. The number of hydrogen-bond donors (Lipinski definition) is 4. The fourth-order valence-corrected chi connectivity index (χ4v) is 6.28. The number of benzene rings is 3. The highest BCUT2D eigenvalue weighted by atomic mass is 32.1. The van der Waals surface area contributed by atoms with E-state index < -0.39 is 0 Å². The molecule has 4 N–H and O–H groups in total. The summed E-state index contributed by atoms with van der Waals surface area (Å²) in [5.41, 5.74) is 6.36. The number of carbonyl (C=O) groups excluding carboxylic acids is 1. The second kappa shape index (κ2) is 12.4. The monoisotopic (exact) mass is 575 g/mol. The average Bonchev–Trinajstić information content (AvgIpc) is 3.43. The number of morpholine rings is 1. The molecule has 10 nitrogen and oxygen atoms in total. The molecule has 4 aromatic rings. The molecule has 2 aliphatic heterocycles. The SMILES string of the molecule is O=C(Nc1ccc(COO)cc1)Nc1ccc(-c2cc(N3CCOCC3)c3nc(N4CCC(O)CC4)sc3c2)cc1. The van der Waals surface area contributed by atoms with Gasteiger partial charge in [-0.25, -0.2) is 14.7 Å². The van der Waals surface area contributed by atoms with Crippen LogP contribution in [0.1, 0.15) is 18.4 Å². The molecule has 2 saturated heterocycles. The Hall–Kier alpha value is -3.74. The van der Waals surface area contributed by atoms with Crippen molar-refractivity contribution in [3.05, 3.63) is 66.2 Å². The maximum atomic E-state index is 12.5. The van der Waals surface area contributed by atoms with Gasteiger partial charge in [0, 0.05) is 37.6 Å². The summed E-state index contributed by atoms with van der Waals surface area (Å²) in [5.74, 6) is 0. The lowest BCUT2D eigenvalue weighted by Crippen LogP contribution is -2.36. The van der Waals surface area contributed by atoms with Crippen LogP contribution in [-0.2, 0) is 16.2 Å². The minimum absolute atomic E-state index is 0.0906. The van der Waals surface area contributed by atoms with Crippen molar-refractivity contribution in [3.63, 3.8) is 0 Å². The van der Waals surface area contributed by atoms with Crippen molar-refractivity contribution in [1.82, 2.24) is 4.98 Å². The summed E-state index contributed by atoms with van der Waals surface area (Å²) in [4.78, 5) is 26.4. The number of thiazole rings is 1. The van der Waals surface area contributed by atoms with Crippen molar-refractivity contribution in [2.24, 2.45) is 0 Å². The number of hydrogen-bond acceptors (Lipinski definition) is 9. The van der Waals surface area contributed by atoms with Crippen LogP contribution in [0.5, 0.6) is 0 Å². The molecule has 6 rings (SSSR count). The minimum Gasteiger partial charge on any atom is -0.393 e. The average molecular weight is 576 g/mol. The summed E-state index contributed by atoms with van der Waals surface area (Å²) in [6.45, 7) is 4.73. The van der Waals surface area contributed by atoms with Gasteiger partial charge in [0.25, 0.3) is 0 Å². The van der Waals surface area contributed by atoms with Crippen LogP contribution >= 0.6 is 11.3 Å². The van der Waals surface area contributed by atoms with E-state index >= 15 is 0 Å². The van der Waals surface area contributed by atoms with Crippen molar-refractivity contribution in [1.29, 1.82) is 0 Å². The molecule has 0 atom stereocenters. The number of nitrogens with one attached hydrogen (secondary N) is 2. The molecule has 0 aliphatic carbocycles. The molecule has 2 fully saturated rings. The lowest BCUT2D eigenvalue weighted by molar-refractivity contribution is -0.253. The van der Waals surface area contributed by atoms with E-state index in [0.717, 1.165) is 76.7 Å². The number of fused-ring (bicyclic) bond motifs is 1. The van der Waals surface area contributed by atoms with Crippen LogP contribution in [0, 0.1) is 0 Å². The van der Waals surface area contributed by atoms with Crippen LogP contribution in [0.25, 0.3) is 21.3 Å². The van der Waals surface area contributed by atoms with Gasteiger partial charge in [-0.1, -0.05) is 35.6 Å². The molecule has 1 aromatic heterocycles. The number of piperidine rings is 1. The van der Waals surface area contributed by atoms with Crippen LogP contribution in [0.2, 0.25) is 0 Å². The van der Waals surface area contributed by atoms with E-state index in [-0.39, 0.29) is 18.7 Å². The van der Waals surface area contributed by atoms with Gasteiger partial charge in [0.15, 0.2) is 5.13 Å². The number of nitrogens with zero attached hydrogens (tertiary/aromatic N) is 3. The van der Waals surface area contributed by atoms with Gasteiger partial charge < -0.3 is 30.3 Å². The van der Waals surface area contributed by atoms with Gasteiger partial charge in [0.2, 0.25) is 0 Å². The Morgan fingerprint density at radius 3 is 2.24 bits per heavy atom. The quantitative estimate of drug-likeness (QED) is 0.171. The molecule has 0 unspecified atom stereocenters. The molecule has 2 aliphatic rings. The van der Waals surface area contributed by atoms with Gasteiger partial charge in [-0.05, 0) is 65.9 Å². The summed E-state index contributed by atoms with van der Waals surface area (Å²) in [6, 6.07) is 18.9. The number of carbonyl (C=O) groups is 1. The van der Waals surface area contributed by atoms with Gasteiger partial charge in [-0.3, -0.25) is 5.26 Å². The van der Waals surface area contributed by atoms with Crippen LogP contribution in [0.4, 0.5) is 27.0 Å². The summed E-state index contributed by atoms with van der Waals surface area (Å²) >= 11 is 1.70. The van der Waals surface area contributed by atoms with E-state index in [0.29, 0.717) is 24.6 Å².